The Balaban J connectivity index is 2.34. The van der Waals surface area contributed by atoms with Crippen molar-refractivity contribution in [2.45, 2.75) is 19.9 Å². The zero-order valence-corrected chi connectivity index (χ0v) is 16.8. The third-order valence-electron chi connectivity index (χ3n) is 3.19. The largest absolute Gasteiger partial charge is 0.461 e. The molecule has 2 rings (SSSR count). The summed E-state index contributed by atoms with van der Waals surface area (Å²) in [6.45, 7) is 3.65. The van der Waals surface area contributed by atoms with Crippen molar-refractivity contribution in [3.8, 4) is 0 Å². The molecule has 0 radical (unpaired) electrons. The first-order chi connectivity index (χ1) is 12.3. The van der Waals surface area contributed by atoms with Gasteiger partial charge in [0.1, 0.15) is 10.8 Å². The maximum Gasteiger partial charge on any atom is 0.361 e. The Morgan fingerprint density at radius 2 is 2.04 bits per heavy atom. The average molecular weight is 436 g/mol. The fraction of sp³-hybridized carbons (Fsp3) is 0.250. The molecule has 1 aromatic carbocycles. The normalized spacial score (nSPS) is 12.6. The van der Waals surface area contributed by atoms with E-state index in [1.54, 1.807) is 25.1 Å². The van der Waals surface area contributed by atoms with E-state index in [1.807, 2.05) is 6.92 Å². The van der Waals surface area contributed by atoms with E-state index >= 15 is 0 Å². The van der Waals surface area contributed by atoms with Gasteiger partial charge in [-0.15, -0.1) is 0 Å². The van der Waals surface area contributed by atoms with Gasteiger partial charge in [-0.05, 0) is 31.5 Å². The van der Waals surface area contributed by atoms with Crippen LogP contribution < -0.4 is 5.43 Å². The third kappa shape index (κ3) is 5.20. The topological polar surface area (TPSA) is 76.5 Å². The van der Waals surface area contributed by atoms with E-state index in [1.165, 1.54) is 6.20 Å². The van der Waals surface area contributed by atoms with Crippen LogP contribution in [0.15, 0.2) is 29.5 Å². The van der Waals surface area contributed by atoms with E-state index in [2.05, 4.69) is 20.5 Å². The van der Waals surface area contributed by atoms with Gasteiger partial charge < -0.3 is 10.2 Å². The molecule has 0 saturated heterocycles. The highest BCUT2D eigenvalue weighted by atomic mass is 35.5. The SMILES string of the molecule is CCOC(=O)/C(=N\NC(C)c1ccc(Cl)cc1Cl)c1ncc(Cl)nc1Cl. The maximum atomic E-state index is 12.2. The fourth-order valence-electron chi connectivity index (χ4n) is 1.98. The van der Waals surface area contributed by atoms with Crippen LogP contribution in [-0.4, -0.2) is 28.3 Å². The number of halogens is 4. The minimum Gasteiger partial charge on any atom is -0.461 e. The highest BCUT2D eigenvalue weighted by Crippen LogP contribution is 2.26. The number of hydrogen-bond acceptors (Lipinski definition) is 6. The predicted octanol–water partition coefficient (Wildman–Crippen LogP) is 4.71. The van der Waals surface area contributed by atoms with E-state index < -0.39 is 5.97 Å². The number of hydrogen-bond donors (Lipinski definition) is 1. The van der Waals surface area contributed by atoms with Crippen LogP contribution in [0.25, 0.3) is 0 Å². The number of nitrogens with one attached hydrogen (secondary N) is 1. The van der Waals surface area contributed by atoms with Crippen LogP contribution in [-0.2, 0) is 9.53 Å². The molecule has 10 heteroatoms. The van der Waals surface area contributed by atoms with Crippen molar-refractivity contribution in [1.82, 2.24) is 15.4 Å². The number of ether oxygens (including phenoxy) is 1. The third-order valence-corrected chi connectivity index (χ3v) is 4.20. The molecule has 0 aliphatic carbocycles. The number of rotatable bonds is 6. The molecular formula is C16H14Cl4N4O2. The van der Waals surface area contributed by atoms with Crippen LogP contribution in [0.3, 0.4) is 0 Å². The van der Waals surface area contributed by atoms with Crippen LogP contribution in [0.2, 0.25) is 20.4 Å². The van der Waals surface area contributed by atoms with E-state index in [0.29, 0.717) is 10.0 Å². The Bertz CT molecular complexity index is 845. The Morgan fingerprint density at radius 3 is 2.65 bits per heavy atom. The monoisotopic (exact) mass is 434 g/mol. The maximum absolute atomic E-state index is 12.2. The van der Waals surface area contributed by atoms with Crippen molar-refractivity contribution >= 4 is 58.1 Å². The summed E-state index contributed by atoms with van der Waals surface area (Å²) in [5.41, 5.74) is 3.51. The second kappa shape index (κ2) is 9.37. The molecule has 0 fully saturated rings. The molecule has 1 aromatic heterocycles. The molecule has 0 bridgehead atoms. The Hall–Kier alpha value is -1.60. The summed E-state index contributed by atoms with van der Waals surface area (Å²) in [5, 5.41) is 5.13. The number of carbonyl (C=O) groups is 1. The van der Waals surface area contributed by atoms with E-state index in [-0.39, 0.29) is 34.4 Å². The van der Waals surface area contributed by atoms with Crippen LogP contribution in [0, 0.1) is 0 Å². The first-order valence-electron chi connectivity index (χ1n) is 7.47. The molecule has 1 N–H and O–H groups in total. The van der Waals surface area contributed by atoms with Gasteiger partial charge in [0, 0.05) is 10.0 Å². The smallest absolute Gasteiger partial charge is 0.361 e. The van der Waals surface area contributed by atoms with Crippen molar-refractivity contribution in [1.29, 1.82) is 0 Å². The standard InChI is InChI=1S/C16H14Cl4N4O2/c1-3-26-16(25)14(13-15(20)22-12(19)7-21-13)24-23-8(2)10-5-4-9(17)6-11(10)18/h4-8,23H,3H2,1-2H3/b24-14-. The second-order valence-electron chi connectivity index (χ2n) is 5.03. The van der Waals surface area contributed by atoms with Gasteiger partial charge in [-0.2, -0.15) is 5.10 Å². The lowest BCUT2D eigenvalue weighted by molar-refractivity contribution is -0.135. The van der Waals surface area contributed by atoms with Crippen LogP contribution in [0.5, 0.6) is 0 Å². The van der Waals surface area contributed by atoms with E-state index in [0.717, 1.165) is 5.56 Å². The quantitative estimate of drug-likeness (QED) is 0.404. The van der Waals surface area contributed by atoms with Crippen LogP contribution in [0.1, 0.15) is 31.1 Å². The fourth-order valence-corrected chi connectivity index (χ4v) is 2.96. The van der Waals surface area contributed by atoms with Gasteiger partial charge in [-0.25, -0.2) is 14.8 Å². The summed E-state index contributed by atoms with van der Waals surface area (Å²) in [6, 6.07) is 4.76. The Labute approximate surface area is 170 Å². The summed E-state index contributed by atoms with van der Waals surface area (Å²) < 4.78 is 5.01. The van der Waals surface area contributed by atoms with Gasteiger partial charge >= 0.3 is 5.97 Å². The lowest BCUT2D eigenvalue weighted by Crippen LogP contribution is -2.25. The Kier molecular flexibility index (Phi) is 7.46. The summed E-state index contributed by atoms with van der Waals surface area (Å²) in [5.74, 6) is -0.701. The molecule has 1 unspecified atom stereocenters. The minimum absolute atomic E-state index is 0.0522. The molecule has 26 heavy (non-hydrogen) atoms. The zero-order chi connectivity index (χ0) is 19.3. The molecule has 0 spiro atoms. The number of carbonyl (C=O) groups excluding carboxylic acids is 1. The van der Waals surface area contributed by atoms with Gasteiger partial charge in [0.05, 0.1) is 18.8 Å². The molecule has 0 amide bonds. The highest BCUT2D eigenvalue weighted by Gasteiger charge is 2.22. The molecule has 0 aliphatic rings. The summed E-state index contributed by atoms with van der Waals surface area (Å²) in [4.78, 5) is 20.1. The lowest BCUT2D eigenvalue weighted by atomic mass is 10.1. The van der Waals surface area contributed by atoms with Crippen molar-refractivity contribution in [2.24, 2.45) is 5.10 Å². The lowest BCUT2D eigenvalue weighted by Gasteiger charge is -2.15. The minimum atomic E-state index is -0.701. The second-order valence-corrected chi connectivity index (χ2v) is 6.62. The molecule has 6 nitrogen and oxygen atoms in total. The number of hydrazone groups is 1. The molecular weight excluding hydrogens is 422 g/mol. The summed E-state index contributed by atoms with van der Waals surface area (Å²) in [7, 11) is 0. The number of benzene rings is 1. The van der Waals surface area contributed by atoms with Gasteiger partial charge in [0.15, 0.2) is 10.9 Å². The highest BCUT2D eigenvalue weighted by molar-refractivity contribution is 6.46. The van der Waals surface area contributed by atoms with Crippen LogP contribution >= 0.6 is 46.4 Å². The van der Waals surface area contributed by atoms with Crippen molar-refractivity contribution in [2.75, 3.05) is 6.61 Å². The average Bonchev–Trinajstić information content (AvgIpc) is 2.56. The Morgan fingerprint density at radius 1 is 1.31 bits per heavy atom. The van der Waals surface area contributed by atoms with Crippen molar-refractivity contribution in [3.63, 3.8) is 0 Å². The molecule has 0 aliphatic heterocycles. The summed E-state index contributed by atoms with van der Waals surface area (Å²) in [6.07, 6.45) is 1.26. The van der Waals surface area contributed by atoms with Gasteiger partial charge in [0.2, 0.25) is 0 Å². The number of aromatic nitrogens is 2. The molecule has 1 heterocycles. The molecule has 2 aromatic rings. The van der Waals surface area contributed by atoms with Gasteiger partial charge in [0.25, 0.3) is 0 Å². The van der Waals surface area contributed by atoms with E-state index in [4.69, 9.17) is 51.1 Å². The first kappa shape index (κ1) is 20.7. The summed E-state index contributed by atoms with van der Waals surface area (Å²) >= 11 is 23.9. The molecule has 0 saturated carbocycles. The zero-order valence-electron chi connectivity index (χ0n) is 13.8. The molecule has 1 atom stereocenters. The number of nitrogens with zero attached hydrogens (tertiary/aromatic N) is 3. The molecule has 138 valence electrons. The number of esters is 1. The first-order valence-corrected chi connectivity index (χ1v) is 8.98. The predicted molar refractivity (Wildman–Crippen MR) is 103 cm³/mol. The van der Waals surface area contributed by atoms with Gasteiger partial charge in [-0.3, -0.25) is 0 Å². The van der Waals surface area contributed by atoms with Crippen molar-refractivity contribution in [3.05, 3.63) is 56.0 Å². The van der Waals surface area contributed by atoms with Crippen molar-refractivity contribution < 1.29 is 9.53 Å². The van der Waals surface area contributed by atoms with Gasteiger partial charge in [-0.1, -0.05) is 52.5 Å². The van der Waals surface area contributed by atoms with Crippen LogP contribution in [0.4, 0.5) is 0 Å². The van der Waals surface area contributed by atoms with E-state index in [9.17, 15) is 4.79 Å².